The van der Waals surface area contributed by atoms with Crippen LogP contribution in [0, 0.1) is 0 Å². The Labute approximate surface area is 891 Å². The number of morpholine rings is 4. The molecular formula is C104H152N16O20S8. The Morgan fingerprint density at radius 1 is 0.284 bits per heavy atom. The van der Waals surface area contributed by atoms with Gasteiger partial charge < -0.3 is 78.6 Å². The maximum atomic E-state index is 13.4. The lowest BCUT2D eigenvalue weighted by atomic mass is 9.98. The third-order valence-corrected chi connectivity index (χ3v) is 41.5. The van der Waals surface area contributed by atoms with Crippen molar-refractivity contribution in [3.8, 4) is 0 Å². The van der Waals surface area contributed by atoms with Crippen LogP contribution >= 0.6 is 45.3 Å². The van der Waals surface area contributed by atoms with Gasteiger partial charge in [-0.2, -0.15) is 17.2 Å². The molecule has 8 aliphatic heterocycles. The number of piperazine rings is 4. The Morgan fingerprint density at radius 3 is 0.622 bits per heavy atom. The summed E-state index contributed by atoms with van der Waals surface area (Å²) in [6, 6.07) is 44.3. The summed E-state index contributed by atoms with van der Waals surface area (Å²) in [6.45, 7) is 28.6. The lowest BCUT2D eigenvalue weighted by Crippen LogP contribution is -2.60. The quantitative estimate of drug-likeness (QED) is 0.0309. The van der Waals surface area contributed by atoms with Gasteiger partial charge in [-0.25, -0.2) is 33.7 Å². The molecule has 148 heavy (non-hydrogen) atoms. The van der Waals surface area contributed by atoms with Crippen molar-refractivity contribution in [1.29, 1.82) is 0 Å². The van der Waals surface area contributed by atoms with Gasteiger partial charge in [-0.1, -0.05) is 72.8 Å². The second kappa shape index (κ2) is 50.9. The minimum Gasteiger partial charge on any atom is -0.386 e. The fraction of sp³-hybridized carbons (Fsp3) is 0.577. The third kappa shape index (κ3) is 30.3. The molecule has 4 amide bonds. The van der Waals surface area contributed by atoms with Gasteiger partial charge in [0, 0.05) is 260 Å². The highest BCUT2D eigenvalue weighted by molar-refractivity contribution is 7.92. The molecule has 36 nitrogen and oxygen atoms in total. The third-order valence-electron chi connectivity index (χ3n) is 28.6. The molecule has 8 aromatic rings. The number of amides is 4. The zero-order chi connectivity index (χ0) is 107. The average molecular weight is 2200 g/mol. The van der Waals surface area contributed by atoms with Crippen molar-refractivity contribution in [3.63, 3.8) is 0 Å². The van der Waals surface area contributed by atoms with Crippen LogP contribution in [0.1, 0.15) is 103 Å². The summed E-state index contributed by atoms with van der Waals surface area (Å²) in [5, 5.41) is 48.6. The van der Waals surface area contributed by atoms with Crippen molar-refractivity contribution in [2.24, 2.45) is 0 Å². The second-order valence-electron chi connectivity index (χ2n) is 41.9. The van der Waals surface area contributed by atoms with Crippen LogP contribution in [0.3, 0.4) is 0 Å². The van der Waals surface area contributed by atoms with Crippen molar-refractivity contribution in [3.05, 3.63) is 189 Å². The van der Waals surface area contributed by atoms with Crippen molar-refractivity contribution < 1.29 is 92.2 Å². The van der Waals surface area contributed by atoms with Crippen LogP contribution in [0.5, 0.6) is 0 Å². The molecule has 0 radical (unpaired) electrons. The van der Waals surface area contributed by atoms with Gasteiger partial charge in [0.05, 0.1) is 99.4 Å². The van der Waals surface area contributed by atoms with Crippen LogP contribution in [0.4, 0.5) is 22.7 Å². The first-order valence-electron chi connectivity index (χ1n) is 50.5. The molecule has 8 saturated heterocycles. The highest BCUT2D eigenvalue weighted by atomic mass is 32.3. The summed E-state index contributed by atoms with van der Waals surface area (Å²) in [7, 11) is -0.288. The summed E-state index contributed by atoms with van der Waals surface area (Å²) in [5.74, 6) is 0.186. The molecule has 4 aromatic heterocycles. The summed E-state index contributed by atoms with van der Waals surface area (Å²) in [6.07, 6.45) is 1.43. The van der Waals surface area contributed by atoms with E-state index in [1.54, 1.807) is 219 Å². The molecular weight excluding hydrogens is 2050 g/mol. The number of rotatable bonds is 32. The summed E-state index contributed by atoms with van der Waals surface area (Å²) >= 11 is 4.94. The number of sulfonamides is 4. The van der Waals surface area contributed by atoms with E-state index in [1.807, 2.05) is 97.1 Å². The normalized spacial score (nSPS) is 22.2. The van der Waals surface area contributed by atoms with Crippen LogP contribution in [-0.2, 0) is 101 Å². The fourth-order valence-corrected chi connectivity index (χ4v) is 30.1. The van der Waals surface area contributed by atoms with Crippen molar-refractivity contribution in [2.75, 3.05) is 260 Å². The van der Waals surface area contributed by atoms with Crippen molar-refractivity contribution in [1.82, 2.24) is 56.4 Å². The number of hydrogen-bond donors (Lipinski definition) is 4. The lowest BCUT2D eigenvalue weighted by molar-refractivity contribution is -0.132. The fourth-order valence-electron chi connectivity index (χ4n) is 19.6. The second-order valence-corrected chi connectivity index (χ2v) is 54.3. The molecule has 16 rings (SSSR count). The maximum absolute atomic E-state index is 13.4. The average Bonchev–Trinajstić information content (AvgIpc) is 1.62. The Kier molecular flexibility index (Phi) is 40.2. The van der Waals surface area contributed by atoms with Gasteiger partial charge in [0.25, 0.3) is 40.1 Å². The number of hydrogen-bond acceptors (Lipinski definition) is 32. The lowest BCUT2D eigenvalue weighted by Gasteiger charge is -2.46. The summed E-state index contributed by atoms with van der Waals surface area (Å²) in [5.41, 5.74) is 3.48. The van der Waals surface area contributed by atoms with E-state index in [-0.39, 0.29) is 72.0 Å². The number of anilines is 4. The van der Waals surface area contributed by atoms with Crippen LogP contribution in [-0.4, -0.2) is 423 Å². The van der Waals surface area contributed by atoms with E-state index < -0.39 is 62.5 Å². The monoisotopic (exact) mass is 2200 g/mol. The van der Waals surface area contributed by atoms with E-state index in [4.69, 9.17) is 18.9 Å². The molecule has 8 aliphatic rings. The van der Waals surface area contributed by atoms with E-state index in [1.165, 1.54) is 45.3 Å². The first-order valence-corrected chi connectivity index (χ1v) is 59.7. The number of carbonyl (C=O) groups is 4. The van der Waals surface area contributed by atoms with Gasteiger partial charge in [-0.3, -0.25) is 38.8 Å². The molecule has 816 valence electrons. The highest BCUT2D eigenvalue weighted by Gasteiger charge is 2.45. The zero-order valence-corrected chi connectivity index (χ0v) is 94.7. The smallest absolute Gasteiger partial charge is 0.252 e. The number of nitrogens with zero attached hydrogens (tertiary/aromatic N) is 16. The number of benzene rings is 4. The predicted molar refractivity (Wildman–Crippen MR) is 582 cm³/mol. The highest BCUT2D eigenvalue weighted by Crippen LogP contribution is 2.38. The Hall–Kier alpha value is -8.08. The van der Waals surface area contributed by atoms with Crippen molar-refractivity contribution in [2.45, 2.75) is 169 Å². The van der Waals surface area contributed by atoms with E-state index in [0.717, 1.165) is 45.0 Å². The molecule has 0 unspecified atom stereocenters. The number of thiophene rings is 4. The van der Waals surface area contributed by atoms with Crippen LogP contribution in [0.25, 0.3) is 0 Å². The molecule has 8 atom stereocenters. The van der Waals surface area contributed by atoms with Gasteiger partial charge >= 0.3 is 0 Å². The minimum atomic E-state index is -3.58. The number of carbonyl (C=O) groups excluding carboxylic acids is 4. The molecule has 0 bridgehead atoms. The molecule has 0 saturated carbocycles. The summed E-state index contributed by atoms with van der Waals surface area (Å²) < 4.78 is 138. The largest absolute Gasteiger partial charge is 0.386 e. The Morgan fingerprint density at radius 2 is 0.466 bits per heavy atom. The van der Waals surface area contributed by atoms with E-state index in [2.05, 4.69) is 39.2 Å². The van der Waals surface area contributed by atoms with Gasteiger partial charge in [0.1, 0.15) is 16.8 Å². The van der Waals surface area contributed by atoms with Crippen molar-refractivity contribution >= 4 is 132 Å². The summed E-state index contributed by atoms with van der Waals surface area (Å²) in [4.78, 5) is 74.5. The standard InChI is InChI=1S/4C26H38N4O5S2/c4*1-26(2,32)20-7-9-21(10-8-20)30-12-11-29(37(33,34)25-6-5-15-36-25)18-23(30)17-28-13-14-35-19-22(28)16-24(31)27(3)4/h4*5-10,15,22-23,32H,11-14,16-19H2,1-4H3/t2*22-,23+;2*22-,23-/m1100/s1. The Bertz CT molecular complexity index is 5320. The molecule has 0 aliphatic carbocycles. The van der Waals surface area contributed by atoms with Crippen LogP contribution < -0.4 is 19.6 Å². The molecule has 4 aromatic carbocycles. The van der Waals surface area contributed by atoms with Gasteiger partial charge in [0.15, 0.2) is 0 Å². The first kappa shape index (κ1) is 117. The zero-order valence-electron chi connectivity index (χ0n) is 88.2. The van der Waals surface area contributed by atoms with E-state index in [0.29, 0.717) is 226 Å². The van der Waals surface area contributed by atoms with Gasteiger partial charge in [-0.05, 0) is 172 Å². The predicted octanol–water partition coefficient (Wildman–Crippen LogP) is 8.14. The van der Waals surface area contributed by atoms with Crippen LogP contribution in [0.2, 0.25) is 0 Å². The van der Waals surface area contributed by atoms with E-state index in [9.17, 15) is 73.3 Å². The molecule has 8 fully saturated rings. The molecule has 0 spiro atoms. The molecule has 12 heterocycles. The molecule has 44 heteroatoms. The molecule has 4 N–H and O–H groups in total. The first-order chi connectivity index (χ1) is 69.9. The van der Waals surface area contributed by atoms with E-state index >= 15 is 0 Å². The Balaban J connectivity index is 0.000000165. The van der Waals surface area contributed by atoms with Gasteiger partial charge in [0.2, 0.25) is 23.6 Å². The topological polar surface area (TPSA) is 375 Å². The minimum absolute atomic E-state index is 0.0464. The van der Waals surface area contributed by atoms with Gasteiger partial charge in [-0.15, -0.1) is 45.3 Å². The number of ether oxygens (including phenoxy) is 4. The maximum Gasteiger partial charge on any atom is 0.252 e. The van der Waals surface area contributed by atoms with Crippen LogP contribution in [0.15, 0.2) is 184 Å². The SMILES string of the molecule is CN(C)C(=O)C[C@@H]1COCCN1C[C@H]1CN(S(=O)(=O)c2cccs2)CCN1c1ccc(C(C)(C)O)cc1.CN(C)C(=O)C[C@@H]1COCCN1C[C@H]1CN(S(=O)(=O)c2cccs2)CCN1c1ccc(C(C)(C)O)cc1.CN(C)C(=O)C[C@H]1COCCN1C[C@H]1CN(S(=O)(=O)c2cccs2)CCN1c1ccc(C(C)(C)O)cc1.CN(C)C(=O)C[C@H]1COCCN1C[C@H]1CN(S(=O)(=O)c2cccs2)CCN1c1ccc(C(C)(C)O)cc1. The number of aliphatic hydroxyl groups is 4.